The number of aromatic nitrogens is 2. The molecular formula is C50H64MgN4O6-2. The molecule has 0 spiro atoms. The Morgan fingerprint density at radius 3 is 2.13 bits per heavy atom. The summed E-state index contributed by atoms with van der Waals surface area (Å²) in [6.07, 6.45) is 16.2. The van der Waals surface area contributed by atoms with E-state index in [1.165, 1.54) is 38.4 Å². The Kier molecular flexibility index (Phi) is 16.0. The van der Waals surface area contributed by atoms with Crippen molar-refractivity contribution in [1.82, 2.24) is 9.97 Å². The number of methoxy groups -OCH3 is 1. The van der Waals surface area contributed by atoms with E-state index in [-0.39, 0.29) is 77.3 Å². The van der Waals surface area contributed by atoms with Crippen molar-refractivity contribution in [3.63, 3.8) is 0 Å². The zero-order valence-electron chi connectivity index (χ0n) is 38.4. The normalized spacial score (nSPS) is 26.0. The number of carbonyl (C=O) groups is 4. The first-order chi connectivity index (χ1) is 28.6. The summed E-state index contributed by atoms with van der Waals surface area (Å²) in [5.74, 6) is -1.71. The van der Waals surface area contributed by atoms with Gasteiger partial charge in [0.25, 0.3) is 0 Å². The molecule has 0 N–H and O–H groups in total. The van der Waals surface area contributed by atoms with E-state index in [4.69, 9.17) is 30.1 Å². The number of Topliss-reactive ketones (excluding diaryl/α,β-unsaturated/α-hetero) is 2. The van der Waals surface area contributed by atoms with Crippen molar-refractivity contribution in [2.45, 2.75) is 127 Å². The quantitative estimate of drug-likeness (QED) is 0.0534. The van der Waals surface area contributed by atoms with E-state index in [2.05, 4.69) is 41.5 Å². The molecule has 8 bridgehead atoms. The van der Waals surface area contributed by atoms with Crippen molar-refractivity contribution < 1.29 is 28.7 Å². The molecule has 2 saturated heterocycles. The molecule has 4 aliphatic rings. The Bertz CT molecular complexity index is 2180. The van der Waals surface area contributed by atoms with Crippen molar-refractivity contribution in [2.24, 2.45) is 41.4 Å². The molecule has 0 radical (unpaired) electrons. The maximum absolute atomic E-state index is 14.3. The van der Waals surface area contributed by atoms with E-state index < -0.39 is 11.9 Å². The number of nitrogens with zero attached hydrogens (tertiary/aromatic N) is 4. The molecule has 0 unspecified atom stereocenters. The largest absolute Gasteiger partial charge is 2.00 e. The van der Waals surface area contributed by atoms with Crippen LogP contribution in [0.5, 0.6) is 0 Å². The zero-order valence-corrected chi connectivity index (χ0v) is 39.8. The van der Waals surface area contributed by atoms with Crippen LogP contribution < -0.4 is 9.97 Å². The van der Waals surface area contributed by atoms with Crippen LogP contribution in [-0.2, 0) is 19.1 Å². The average molecular weight is 841 g/mol. The monoisotopic (exact) mass is 840 g/mol. The summed E-state index contributed by atoms with van der Waals surface area (Å²) >= 11 is 0. The van der Waals surface area contributed by atoms with Gasteiger partial charge in [-0.3, -0.25) is 19.2 Å². The second-order valence-electron chi connectivity index (χ2n) is 18.1. The van der Waals surface area contributed by atoms with Gasteiger partial charge in [0.05, 0.1) is 7.11 Å². The molecule has 61 heavy (non-hydrogen) atoms. The van der Waals surface area contributed by atoms with Gasteiger partial charge in [-0.15, -0.1) is 22.8 Å². The Balaban J connectivity index is 0.00000704. The Morgan fingerprint density at radius 1 is 0.820 bits per heavy atom. The molecular weight excluding hydrogens is 777 g/mol. The molecule has 0 saturated carbocycles. The van der Waals surface area contributed by atoms with Crippen molar-refractivity contribution in [3.05, 3.63) is 90.1 Å². The molecule has 6 atom stereocenters. The van der Waals surface area contributed by atoms with Crippen molar-refractivity contribution in [3.8, 4) is 0 Å². The standard InChI is InChI=1S/C50H66N4O6.Mg/c1-12-34-29(6)36-25-41-43(33(10)55)31(8)38(52-41)23-37-30(7)35(19-20-42(56)60-22-21-28(5)18-14-17-27(4)16-13-15-26(2)3)47(53-37)45-46(50(58)59-11)49(57)44-32(9)39(54-48(44)45)24-40(34)51-36;/h21,23-27,29-30,34-35,46H,12-20,22H2,1-11H3,(H2-2,51,52,53,54,55,57);/q-2;+2/p-2/b28-21+,37-23-,40-24-;/t27-,29-,30+,34-,35+,46-;/m1./s1. The molecule has 0 aromatic carbocycles. The number of hydrogen-bond acceptors (Lipinski definition) is 6. The number of allylic oxidation sites excluding steroid dienone is 5. The van der Waals surface area contributed by atoms with Gasteiger partial charge in [0.15, 0.2) is 11.6 Å². The molecule has 6 rings (SSSR count). The van der Waals surface area contributed by atoms with Crippen LogP contribution in [-0.4, -0.2) is 60.3 Å². The van der Waals surface area contributed by atoms with Crippen LogP contribution in [0.15, 0.2) is 34.4 Å². The van der Waals surface area contributed by atoms with Gasteiger partial charge in [0, 0.05) is 17.5 Å². The molecule has 11 heteroatoms. The summed E-state index contributed by atoms with van der Waals surface area (Å²) in [7, 11) is 1.28. The number of hydrogen-bond donors (Lipinski definition) is 0. The third kappa shape index (κ3) is 10.1. The van der Waals surface area contributed by atoms with E-state index in [0.29, 0.717) is 68.8 Å². The fourth-order valence-corrected chi connectivity index (χ4v) is 9.64. The van der Waals surface area contributed by atoms with E-state index in [9.17, 15) is 19.2 Å². The van der Waals surface area contributed by atoms with E-state index in [1.807, 2.05) is 45.1 Å². The Hall–Kier alpha value is -4.09. The third-order valence-electron chi connectivity index (χ3n) is 13.4. The number of ether oxygens (including phenoxy) is 2. The summed E-state index contributed by atoms with van der Waals surface area (Å²) in [5, 5.41) is 10.3. The summed E-state index contributed by atoms with van der Waals surface area (Å²) < 4.78 is 11.0. The van der Waals surface area contributed by atoms with Gasteiger partial charge in [0.1, 0.15) is 12.5 Å². The number of ketones is 2. The second kappa shape index (κ2) is 20.4. The van der Waals surface area contributed by atoms with Gasteiger partial charge in [-0.1, -0.05) is 114 Å². The van der Waals surface area contributed by atoms with Crippen LogP contribution in [0.4, 0.5) is 0 Å². The number of fused-ring (bicyclic) bond motifs is 7. The van der Waals surface area contributed by atoms with Gasteiger partial charge in [0.2, 0.25) is 0 Å². The zero-order chi connectivity index (χ0) is 43.6. The van der Waals surface area contributed by atoms with E-state index >= 15 is 0 Å². The molecule has 2 aromatic rings. The first kappa shape index (κ1) is 47.9. The molecule has 324 valence electrons. The summed E-state index contributed by atoms with van der Waals surface area (Å²) in [6.45, 7) is 20.8. The van der Waals surface area contributed by atoms with E-state index in [0.717, 1.165) is 42.1 Å². The summed E-state index contributed by atoms with van der Waals surface area (Å²) in [6, 6.07) is 0. The average Bonchev–Trinajstić information content (AvgIpc) is 3.94. The number of rotatable bonds is 16. The summed E-state index contributed by atoms with van der Waals surface area (Å²) in [5.41, 5.74) is 9.08. The minimum absolute atomic E-state index is 0. The fraction of sp³-hybridized carbons (Fsp3) is 0.560. The molecule has 3 aliphatic heterocycles. The predicted molar refractivity (Wildman–Crippen MR) is 243 cm³/mol. The van der Waals surface area contributed by atoms with Crippen LogP contribution in [0.3, 0.4) is 0 Å². The topological polar surface area (TPSA) is 143 Å². The Labute approximate surface area is 379 Å². The Morgan fingerprint density at radius 2 is 1.46 bits per heavy atom. The molecule has 5 heterocycles. The maximum atomic E-state index is 14.3. The van der Waals surface area contributed by atoms with Crippen LogP contribution in [0.2, 0.25) is 0 Å². The SMILES string of the molecule is CC[C@H]1/C2=C/c3[n-]c4c(c3C)C(=O)[C@H](C(=O)OC)/C4=C3/[N-]/C(=C\c4[n-]c(c(C(C)=O)c4C)/C=C(\[N-]2)[C@@H]1C)[C@@H](C)[C@@H]3CCC(=O)OC/C=C(\C)CCC[C@H](C)CCCC(C)C.[Mg+2]. The molecule has 0 amide bonds. The number of esters is 2. The van der Waals surface area contributed by atoms with Gasteiger partial charge in [-0.2, -0.15) is 22.8 Å². The van der Waals surface area contributed by atoms with Crippen LogP contribution in [0.1, 0.15) is 168 Å². The van der Waals surface area contributed by atoms with Gasteiger partial charge in [-0.05, 0) is 88.5 Å². The minimum Gasteiger partial charge on any atom is -0.664 e. The second-order valence-corrected chi connectivity index (χ2v) is 18.1. The van der Waals surface area contributed by atoms with E-state index in [1.54, 1.807) is 6.92 Å². The van der Waals surface area contributed by atoms with Gasteiger partial charge < -0.3 is 30.1 Å². The summed E-state index contributed by atoms with van der Waals surface area (Å²) in [4.78, 5) is 64.4. The smallest absolute Gasteiger partial charge is 0.664 e. The first-order valence-electron chi connectivity index (χ1n) is 22.2. The van der Waals surface area contributed by atoms with Crippen molar-refractivity contribution in [1.29, 1.82) is 0 Å². The fourth-order valence-electron chi connectivity index (χ4n) is 9.64. The van der Waals surface area contributed by atoms with Gasteiger partial charge in [-0.25, -0.2) is 0 Å². The van der Waals surface area contributed by atoms with Gasteiger partial charge >= 0.3 is 35.0 Å². The minimum atomic E-state index is -1.24. The maximum Gasteiger partial charge on any atom is 2.00 e. The molecule has 10 nitrogen and oxygen atoms in total. The molecule has 1 aliphatic carbocycles. The van der Waals surface area contributed by atoms with Crippen molar-refractivity contribution >= 4 is 70.4 Å². The predicted octanol–water partition coefficient (Wildman–Crippen LogP) is 11.1. The van der Waals surface area contributed by atoms with Crippen molar-refractivity contribution in [2.75, 3.05) is 13.7 Å². The number of carbonyl (C=O) groups excluding carboxylic acids is 4. The van der Waals surface area contributed by atoms with Crippen LogP contribution in [0, 0.1) is 55.3 Å². The first-order valence-corrected chi connectivity index (χ1v) is 22.2. The molecule has 2 aromatic heterocycles. The van der Waals surface area contributed by atoms with Crippen LogP contribution >= 0.6 is 0 Å². The molecule has 2 fully saturated rings. The third-order valence-corrected chi connectivity index (χ3v) is 13.4. The van der Waals surface area contributed by atoms with Crippen LogP contribution in [0.25, 0.3) is 34.4 Å².